The molecule has 2 atom stereocenters. The van der Waals surface area contributed by atoms with Gasteiger partial charge in [-0.05, 0) is 55.1 Å². The second kappa shape index (κ2) is 11.2. The Morgan fingerprint density at radius 3 is 2.67 bits per heavy atom. The van der Waals surface area contributed by atoms with Crippen LogP contribution in [-0.2, 0) is 16.0 Å². The van der Waals surface area contributed by atoms with E-state index in [2.05, 4.69) is 28.9 Å². The summed E-state index contributed by atoms with van der Waals surface area (Å²) >= 11 is 0. The van der Waals surface area contributed by atoms with Crippen LogP contribution in [0.1, 0.15) is 56.8 Å². The molecule has 0 unspecified atom stereocenters. The summed E-state index contributed by atoms with van der Waals surface area (Å²) in [4.78, 5) is 20.9. The van der Waals surface area contributed by atoms with E-state index in [-0.39, 0.29) is 24.1 Å². The van der Waals surface area contributed by atoms with Gasteiger partial charge in [0.15, 0.2) is 5.82 Å². The molecule has 196 valence electrons. The van der Waals surface area contributed by atoms with Crippen LogP contribution in [0.25, 0.3) is 0 Å². The minimum atomic E-state index is -0.382. The van der Waals surface area contributed by atoms with E-state index in [1.807, 2.05) is 0 Å². The Morgan fingerprint density at radius 1 is 1.19 bits per heavy atom. The number of hydrogen-bond acceptors (Lipinski definition) is 7. The van der Waals surface area contributed by atoms with Gasteiger partial charge in [-0.25, -0.2) is 4.39 Å². The molecule has 0 radical (unpaired) electrons. The first-order valence-corrected chi connectivity index (χ1v) is 13.3. The van der Waals surface area contributed by atoms with Gasteiger partial charge < -0.3 is 23.8 Å². The molecule has 0 bridgehead atoms. The summed E-state index contributed by atoms with van der Waals surface area (Å²) in [5.41, 5.74) is 0.411. The van der Waals surface area contributed by atoms with Gasteiger partial charge in [-0.15, -0.1) is 0 Å². The van der Waals surface area contributed by atoms with Gasteiger partial charge in [-0.3, -0.25) is 4.79 Å². The van der Waals surface area contributed by atoms with Crippen molar-refractivity contribution < 1.29 is 23.2 Å². The van der Waals surface area contributed by atoms with Gasteiger partial charge in [0, 0.05) is 38.2 Å². The standard InChI is InChI=1S/C27H37FN4O4/c1-18(2)26-29-27(36-30-26)32-8-5-19(6-9-32)23-15-20(23)7-12-35-22-4-3-21(24(28)17-22)16-25(33)31-10-13-34-14-11-31/h3-4,17-20,23H,5-16H2,1-2H3/t20-,23-/m1/s1. The van der Waals surface area contributed by atoms with E-state index in [1.165, 1.54) is 12.5 Å². The number of halogens is 1. The molecule has 3 fully saturated rings. The summed E-state index contributed by atoms with van der Waals surface area (Å²) in [5.74, 6) is 3.31. The summed E-state index contributed by atoms with van der Waals surface area (Å²) in [6, 6.07) is 5.50. The number of aromatic nitrogens is 2. The van der Waals surface area contributed by atoms with Gasteiger partial charge in [0.1, 0.15) is 11.6 Å². The average molecular weight is 501 g/mol. The van der Waals surface area contributed by atoms with E-state index in [9.17, 15) is 9.18 Å². The molecule has 1 saturated carbocycles. The Balaban J connectivity index is 1.02. The zero-order valence-electron chi connectivity index (χ0n) is 21.3. The molecule has 1 aromatic carbocycles. The summed E-state index contributed by atoms with van der Waals surface area (Å²) < 4.78 is 31.2. The topological polar surface area (TPSA) is 80.9 Å². The van der Waals surface area contributed by atoms with Crippen molar-refractivity contribution in [3.8, 4) is 5.75 Å². The largest absolute Gasteiger partial charge is 0.493 e. The molecule has 3 heterocycles. The molecule has 8 nitrogen and oxygen atoms in total. The van der Waals surface area contributed by atoms with Crippen molar-refractivity contribution in [2.24, 2.45) is 17.8 Å². The number of rotatable bonds is 9. The van der Waals surface area contributed by atoms with Gasteiger partial charge in [0.25, 0.3) is 0 Å². The number of carbonyl (C=O) groups excluding carboxylic acids is 1. The van der Waals surface area contributed by atoms with Crippen LogP contribution in [0.5, 0.6) is 5.75 Å². The van der Waals surface area contributed by atoms with Crippen molar-refractivity contribution >= 4 is 11.9 Å². The molecule has 1 aromatic heterocycles. The van der Waals surface area contributed by atoms with Crippen LogP contribution < -0.4 is 9.64 Å². The molecule has 0 N–H and O–H groups in total. The van der Waals surface area contributed by atoms with Crippen molar-refractivity contribution in [3.05, 3.63) is 35.4 Å². The molecule has 1 amide bonds. The quantitative estimate of drug-likeness (QED) is 0.514. The van der Waals surface area contributed by atoms with Crippen LogP contribution in [0.15, 0.2) is 22.7 Å². The normalized spacial score (nSPS) is 22.8. The second-order valence-electron chi connectivity index (χ2n) is 10.6. The summed E-state index contributed by atoms with van der Waals surface area (Å²) in [5, 5.41) is 4.08. The average Bonchev–Trinajstić information content (AvgIpc) is 3.48. The molecular weight excluding hydrogens is 463 g/mol. The maximum atomic E-state index is 14.6. The number of amides is 1. The maximum absolute atomic E-state index is 14.6. The number of anilines is 1. The van der Waals surface area contributed by atoms with Crippen molar-refractivity contribution in [2.45, 2.75) is 51.9 Å². The second-order valence-corrected chi connectivity index (χ2v) is 10.6. The monoisotopic (exact) mass is 500 g/mol. The molecule has 36 heavy (non-hydrogen) atoms. The highest BCUT2D eigenvalue weighted by Crippen LogP contribution is 2.50. The first-order valence-electron chi connectivity index (χ1n) is 13.3. The Kier molecular flexibility index (Phi) is 7.74. The van der Waals surface area contributed by atoms with Crippen LogP contribution in [0.4, 0.5) is 10.4 Å². The van der Waals surface area contributed by atoms with Gasteiger partial charge in [0.2, 0.25) is 5.91 Å². The predicted molar refractivity (Wildman–Crippen MR) is 133 cm³/mol. The highest BCUT2D eigenvalue weighted by Gasteiger charge is 2.43. The molecule has 1 aliphatic carbocycles. The van der Waals surface area contributed by atoms with E-state index < -0.39 is 0 Å². The van der Waals surface area contributed by atoms with Crippen LogP contribution in [-0.4, -0.2) is 66.9 Å². The molecule has 2 saturated heterocycles. The fourth-order valence-corrected chi connectivity index (χ4v) is 5.47. The number of carbonyl (C=O) groups is 1. The predicted octanol–water partition coefficient (Wildman–Crippen LogP) is 4.06. The number of nitrogens with zero attached hydrogens (tertiary/aromatic N) is 4. The zero-order chi connectivity index (χ0) is 25.1. The van der Waals surface area contributed by atoms with E-state index in [1.54, 1.807) is 17.0 Å². The molecule has 2 aromatic rings. The van der Waals surface area contributed by atoms with Crippen molar-refractivity contribution in [1.29, 1.82) is 0 Å². The Hall–Kier alpha value is -2.68. The number of hydrogen-bond donors (Lipinski definition) is 0. The smallest absolute Gasteiger partial charge is 0.324 e. The Labute approximate surface area is 212 Å². The Bertz CT molecular complexity index is 1030. The third-order valence-electron chi connectivity index (χ3n) is 7.83. The summed E-state index contributed by atoms with van der Waals surface area (Å²) in [7, 11) is 0. The van der Waals surface area contributed by atoms with Gasteiger partial charge in [-0.1, -0.05) is 25.1 Å². The highest BCUT2D eigenvalue weighted by molar-refractivity contribution is 5.79. The Morgan fingerprint density at radius 2 is 1.97 bits per heavy atom. The first kappa shape index (κ1) is 25.0. The van der Waals surface area contributed by atoms with Crippen LogP contribution in [0, 0.1) is 23.6 Å². The molecule has 2 aliphatic heterocycles. The lowest BCUT2D eigenvalue weighted by atomic mass is 9.90. The van der Waals surface area contributed by atoms with Crippen molar-refractivity contribution in [1.82, 2.24) is 15.0 Å². The van der Waals surface area contributed by atoms with Crippen LogP contribution in [0.3, 0.4) is 0 Å². The van der Waals surface area contributed by atoms with Crippen molar-refractivity contribution in [2.75, 3.05) is 50.9 Å². The lowest BCUT2D eigenvalue weighted by molar-refractivity contribution is -0.134. The summed E-state index contributed by atoms with van der Waals surface area (Å²) in [6.07, 6.45) is 4.61. The van der Waals surface area contributed by atoms with Gasteiger partial charge in [-0.2, -0.15) is 4.98 Å². The molecule has 9 heteroatoms. The zero-order valence-corrected chi connectivity index (χ0v) is 21.3. The molecule has 3 aliphatic rings. The SMILES string of the molecule is CC(C)c1noc(N2CCC([C@H]3C[C@H]3CCOc3ccc(CC(=O)N4CCOCC4)c(F)c3)CC2)n1. The number of ether oxygens (including phenoxy) is 2. The van der Waals surface area contributed by atoms with E-state index in [0.29, 0.717) is 56.2 Å². The fraction of sp³-hybridized carbons (Fsp3) is 0.667. The van der Waals surface area contributed by atoms with Crippen molar-refractivity contribution in [3.63, 3.8) is 0 Å². The first-order chi connectivity index (χ1) is 17.5. The third-order valence-corrected chi connectivity index (χ3v) is 7.83. The maximum Gasteiger partial charge on any atom is 0.324 e. The minimum Gasteiger partial charge on any atom is -0.493 e. The molecule has 5 rings (SSSR count). The van der Waals surface area contributed by atoms with E-state index in [4.69, 9.17) is 14.0 Å². The third kappa shape index (κ3) is 5.99. The van der Waals surface area contributed by atoms with Crippen LogP contribution >= 0.6 is 0 Å². The highest BCUT2D eigenvalue weighted by atomic mass is 19.1. The lowest BCUT2D eigenvalue weighted by Gasteiger charge is -2.30. The molecule has 0 spiro atoms. The van der Waals surface area contributed by atoms with E-state index in [0.717, 1.165) is 50.0 Å². The number of morpholine rings is 1. The number of benzene rings is 1. The van der Waals surface area contributed by atoms with Gasteiger partial charge >= 0.3 is 6.01 Å². The minimum absolute atomic E-state index is 0.0612. The lowest BCUT2D eigenvalue weighted by Crippen LogP contribution is -2.41. The van der Waals surface area contributed by atoms with E-state index >= 15 is 0 Å². The summed E-state index contributed by atoms with van der Waals surface area (Å²) in [6.45, 7) is 8.88. The van der Waals surface area contributed by atoms with Gasteiger partial charge in [0.05, 0.1) is 26.2 Å². The fourth-order valence-electron chi connectivity index (χ4n) is 5.47. The van der Waals surface area contributed by atoms with Crippen LogP contribution in [0.2, 0.25) is 0 Å². The molecular formula is C27H37FN4O4. The number of piperidine rings is 1.